The summed E-state index contributed by atoms with van der Waals surface area (Å²) in [7, 11) is -3.64. The van der Waals surface area contributed by atoms with E-state index in [2.05, 4.69) is 36.2 Å². The summed E-state index contributed by atoms with van der Waals surface area (Å²) in [5.41, 5.74) is -0.138. The molecule has 0 fully saturated rings. The summed E-state index contributed by atoms with van der Waals surface area (Å²) in [6.45, 7) is 6.03. The van der Waals surface area contributed by atoms with Gasteiger partial charge in [-0.2, -0.15) is 0 Å². The number of sulfonamides is 1. The van der Waals surface area contributed by atoms with Gasteiger partial charge in [-0.05, 0) is 24.3 Å². The van der Waals surface area contributed by atoms with Gasteiger partial charge in [-0.3, -0.25) is 4.79 Å². The molecule has 0 unspecified atom stereocenters. The van der Waals surface area contributed by atoms with E-state index in [0.717, 1.165) is 9.48 Å². The molecule has 0 radical (unpaired) electrons. The molecule has 0 saturated heterocycles. The molecule has 0 aliphatic carbocycles. The molecule has 2 aromatic rings. The number of carbonyl (C=O) groups is 1. The lowest BCUT2D eigenvalue weighted by Crippen LogP contribution is -2.27. The highest BCUT2D eigenvalue weighted by molar-refractivity contribution is 9.10. The van der Waals surface area contributed by atoms with Gasteiger partial charge in [-0.15, -0.1) is 10.2 Å². The Labute approximate surface area is 159 Å². The molecule has 10 heteroatoms. The van der Waals surface area contributed by atoms with Crippen LogP contribution in [0.1, 0.15) is 32.2 Å². The van der Waals surface area contributed by atoms with Crippen LogP contribution in [0.25, 0.3) is 0 Å². The number of carbonyl (C=O) groups excluding carboxylic acids is 1. The Hall–Kier alpha value is -1.36. The maximum Gasteiger partial charge on any atom is 0.240 e. The number of benzene rings is 1. The van der Waals surface area contributed by atoms with E-state index in [1.807, 2.05) is 20.8 Å². The normalized spacial score (nSPS) is 12.2. The number of amides is 1. The highest BCUT2D eigenvalue weighted by atomic mass is 79.9. The van der Waals surface area contributed by atoms with Crippen molar-refractivity contribution in [3.63, 3.8) is 0 Å². The lowest BCUT2D eigenvalue weighted by atomic mass is 9.98. The number of aromatic nitrogens is 2. The summed E-state index contributed by atoms with van der Waals surface area (Å²) in [4.78, 5) is 12.1. The molecule has 25 heavy (non-hydrogen) atoms. The lowest BCUT2D eigenvalue weighted by molar-refractivity contribution is -0.116. The zero-order valence-electron chi connectivity index (χ0n) is 14.0. The molecule has 1 heterocycles. The highest BCUT2D eigenvalue weighted by Gasteiger charge is 2.20. The van der Waals surface area contributed by atoms with Crippen LogP contribution in [-0.2, 0) is 20.2 Å². The number of nitrogens with one attached hydrogen (secondary N) is 2. The summed E-state index contributed by atoms with van der Waals surface area (Å²) < 4.78 is 27.4. The first-order valence-electron chi connectivity index (χ1n) is 7.47. The first kappa shape index (κ1) is 20.0. The molecular weight excluding hydrogens is 428 g/mol. The highest BCUT2D eigenvalue weighted by Crippen LogP contribution is 2.27. The topological polar surface area (TPSA) is 101 Å². The van der Waals surface area contributed by atoms with Gasteiger partial charge in [0.15, 0.2) is 0 Å². The molecule has 1 amide bonds. The largest absolute Gasteiger partial charge is 0.300 e. The number of hydrogen-bond donors (Lipinski definition) is 2. The number of nitrogens with zero attached hydrogens (tertiary/aromatic N) is 2. The monoisotopic (exact) mass is 446 g/mol. The second-order valence-electron chi connectivity index (χ2n) is 6.31. The first-order chi connectivity index (χ1) is 11.6. The van der Waals surface area contributed by atoms with Crippen LogP contribution in [0.5, 0.6) is 0 Å². The third kappa shape index (κ3) is 5.84. The van der Waals surface area contributed by atoms with Gasteiger partial charge in [-0.25, -0.2) is 13.1 Å². The third-order valence-corrected chi connectivity index (χ3v) is 6.35. The fourth-order valence-corrected chi connectivity index (χ4v) is 3.87. The predicted octanol–water partition coefficient (Wildman–Crippen LogP) is 2.91. The van der Waals surface area contributed by atoms with Crippen LogP contribution in [0.3, 0.4) is 0 Å². The molecule has 0 saturated carbocycles. The van der Waals surface area contributed by atoms with Gasteiger partial charge in [-0.1, -0.05) is 48.0 Å². The first-order valence-corrected chi connectivity index (χ1v) is 10.6. The average Bonchev–Trinajstić information content (AvgIpc) is 2.96. The van der Waals surface area contributed by atoms with E-state index >= 15 is 0 Å². The van der Waals surface area contributed by atoms with Crippen LogP contribution in [0.4, 0.5) is 5.13 Å². The number of hydrogen-bond acceptors (Lipinski definition) is 6. The Morgan fingerprint density at radius 3 is 2.40 bits per heavy atom. The summed E-state index contributed by atoms with van der Waals surface area (Å²) >= 11 is 4.56. The Bertz CT molecular complexity index is 842. The van der Waals surface area contributed by atoms with Crippen molar-refractivity contribution in [3.8, 4) is 0 Å². The Morgan fingerprint density at radius 2 is 1.84 bits per heavy atom. The van der Waals surface area contributed by atoms with Crippen molar-refractivity contribution < 1.29 is 13.2 Å². The summed E-state index contributed by atoms with van der Waals surface area (Å²) in [5.74, 6) is -0.324. The van der Waals surface area contributed by atoms with E-state index in [0.29, 0.717) is 5.13 Å². The Kier molecular flexibility index (Phi) is 6.30. The van der Waals surface area contributed by atoms with Gasteiger partial charge in [0.25, 0.3) is 0 Å². The predicted molar refractivity (Wildman–Crippen MR) is 101 cm³/mol. The van der Waals surface area contributed by atoms with E-state index in [1.165, 1.54) is 23.5 Å². The average molecular weight is 447 g/mol. The quantitative estimate of drug-likeness (QED) is 0.709. The molecule has 0 aliphatic rings. The van der Waals surface area contributed by atoms with Gasteiger partial charge in [0.1, 0.15) is 5.01 Å². The molecule has 0 spiro atoms. The molecule has 0 atom stereocenters. The van der Waals surface area contributed by atoms with Crippen LogP contribution in [0.15, 0.2) is 33.6 Å². The molecule has 2 rings (SSSR count). The van der Waals surface area contributed by atoms with Crippen molar-refractivity contribution in [2.75, 3.05) is 11.9 Å². The van der Waals surface area contributed by atoms with Crippen molar-refractivity contribution in [3.05, 3.63) is 33.7 Å². The second kappa shape index (κ2) is 7.90. The minimum absolute atomic E-state index is 0.000188. The molecule has 1 aromatic carbocycles. The maximum absolute atomic E-state index is 12.1. The molecule has 136 valence electrons. The summed E-state index contributed by atoms with van der Waals surface area (Å²) in [5, 5.41) is 11.8. The zero-order valence-corrected chi connectivity index (χ0v) is 17.3. The van der Waals surface area contributed by atoms with Crippen LogP contribution < -0.4 is 10.0 Å². The second-order valence-corrected chi connectivity index (χ2v) is 9.97. The van der Waals surface area contributed by atoms with Gasteiger partial charge in [0, 0.05) is 22.9 Å². The van der Waals surface area contributed by atoms with Gasteiger partial charge in [0.05, 0.1) is 4.90 Å². The van der Waals surface area contributed by atoms with E-state index in [9.17, 15) is 13.2 Å². The zero-order chi connectivity index (χ0) is 18.7. The molecule has 1 aromatic heterocycles. The third-order valence-electron chi connectivity index (χ3n) is 3.08. The Morgan fingerprint density at radius 1 is 1.20 bits per heavy atom. The van der Waals surface area contributed by atoms with Crippen LogP contribution in [0, 0.1) is 0 Å². The fourth-order valence-electron chi connectivity index (χ4n) is 1.75. The molecule has 2 N–H and O–H groups in total. The van der Waals surface area contributed by atoms with Gasteiger partial charge in [0.2, 0.25) is 21.1 Å². The van der Waals surface area contributed by atoms with E-state index in [-0.39, 0.29) is 29.2 Å². The van der Waals surface area contributed by atoms with E-state index in [1.54, 1.807) is 12.1 Å². The van der Waals surface area contributed by atoms with Crippen LogP contribution >= 0.6 is 27.3 Å². The Balaban J connectivity index is 1.86. The van der Waals surface area contributed by atoms with Crippen molar-refractivity contribution in [1.82, 2.24) is 14.9 Å². The minimum atomic E-state index is -3.64. The molecule has 0 bridgehead atoms. The number of halogens is 1. The van der Waals surface area contributed by atoms with Crippen molar-refractivity contribution in [2.45, 2.75) is 37.5 Å². The van der Waals surface area contributed by atoms with Crippen molar-refractivity contribution >= 4 is 48.3 Å². The standard InChI is InChI=1S/C15H19BrN4O3S2/c1-15(2,3)13-19-20-14(24-13)18-12(21)8-9-17-25(22,23)11-6-4-10(16)5-7-11/h4-7,17H,8-9H2,1-3H3,(H,18,20,21). The number of rotatable bonds is 6. The lowest BCUT2D eigenvalue weighted by Gasteiger charge is -2.12. The molecule has 0 aliphatic heterocycles. The SMILES string of the molecule is CC(C)(C)c1nnc(NC(=O)CCNS(=O)(=O)c2ccc(Br)cc2)s1. The van der Waals surface area contributed by atoms with Crippen molar-refractivity contribution in [1.29, 1.82) is 0 Å². The van der Waals surface area contributed by atoms with Crippen molar-refractivity contribution in [2.24, 2.45) is 0 Å². The molecule has 7 nitrogen and oxygen atoms in total. The van der Waals surface area contributed by atoms with Gasteiger partial charge >= 0.3 is 0 Å². The van der Waals surface area contributed by atoms with Crippen LogP contribution in [-0.4, -0.2) is 31.1 Å². The minimum Gasteiger partial charge on any atom is -0.300 e. The molecular formula is C15H19BrN4O3S2. The van der Waals surface area contributed by atoms with Crippen LogP contribution in [0.2, 0.25) is 0 Å². The summed E-state index contributed by atoms with van der Waals surface area (Å²) in [6.07, 6.45) is 0.000188. The van der Waals surface area contributed by atoms with E-state index < -0.39 is 10.0 Å². The summed E-state index contributed by atoms with van der Waals surface area (Å²) in [6, 6.07) is 6.26. The van der Waals surface area contributed by atoms with Gasteiger partial charge < -0.3 is 5.32 Å². The fraction of sp³-hybridized carbons (Fsp3) is 0.400. The number of anilines is 1. The van der Waals surface area contributed by atoms with E-state index in [4.69, 9.17) is 0 Å². The maximum atomic E-state index is 12.1. The smallest absolute Gasteiger partial charge is 0.240 e.